The van der Waals surface area contributed by atoms with Crippen molar-refractivity contribution in [3.63, 3.8) is 0 Å². The minimum absolute atomic E-state index is 0.276. The van der Waals surface area contributed by atoms with Crippen molar-refractivity contribution >= 4 is 33.4 Å². The molecular weight excluding hydrogens is 338 g/mol. The maximum Gasteiger partial charge on any atom is 0.257 e. The van der Waals surface area contributed by atoms with Crippen LogP contribution in [-0.4, -0.2) is 23.9 Å². The van der Waals surface area contributed by atoms with Crippen molar-refractivity contribution in [3.8, 4) is 5.75 Å². The first-order valence-corrected chi connectivity index (χ1v) is 6.70. The van der Waals surface area contributed by atoms with Gasteiger partial charge in [-0.3, -0.25) is 14.6 Å². The summed E-state index contributed by atoms with van der Waals surface area (Å²) >= 11 is 3.25. The highest BCUT2D eigenvalue weighted by molar-refractivity contribution is 9.10. The van der Waals surface area contributed by atoms with Crippen LogP contribution in [0.3, 0.4) is 0 Å². The van der Waals surface area contributed by atoms with Crippen LogP contribution in [0.4, 0.5) is 5.69 Å². The Hall–Kier alpha value is -2.41. The Balaban J connectivity index is 2.31. The minimum Gasteiger partial charge on any atom is -0.495 e. The van der Waals surface area contributed by atoms with E-state index in [1.54, 1.807) is 18.3 Å². The summed E-state index contributed by atoms with van der Waals surface area (Å²) < 4.78 is 5.84. The van der Waals surface area contributed by atoms with Crippen LogP contribution >= 0.6 is 15.9 Å². The van der Waals surface area contributed by atoms with Gasteiger partial charge in [0, 0.05) is 22.4 Å². The molecule has 0 saturated carbocycles. The van der Waals surface area contributed by atoms with E-state index in [0.717, 1.165) is 0 Å². The number of hydrogen-bond acceptors (Lipinski definition) is 4. The van der Waals surface area contributed by atoms with Gasteiger partial charge >= 0.3 is 0 Å². The number of halogens is 1. The van der Waals surface area contributed by atoms with Crippen molar-refractivity contribution in [2.75, 3.05) is 12.4 Å². The van der Waals surface area contributed by atoms with Gasteiger partial charge in [-0.1, -0.05) is 0 Å². The second-order valence-electron chi connectivity index (χ2n) is 4.13. The van der Waals surface area contributed by atoms with Gasteiger partial charge in [-0.15, -0.1) is 0 Å². The highest BCUT2D eigenvalue weighted by Gasteiger charge is 2.12. The summed E-state index contributed by atoms with van der Waals surface area (Å²) in [5.41, 5.74) is 6.23. The van der Waals surface area contributed by atoms with Gasteiger partial charge in [0.05, 0.1) is 18.4 Å². The lowest BCUT2D eigenvalue weighted by Gasteiger charge is -2.11. The summed E-state index contributed by atoms with van der Waals surface area (Å²) in [6.07, 6.45) is 3.01. The normalized spacial score (nSPS) is 10.0. The molecule has 1 aromatic heterocycles. The van der Waals surface area contributed by atoms with Crippen LogP contribution in [0.25, 0.3) is 0 Å². The van der Waals surface area contributed by atoms with Crippen LogP contribution in [-0.2, 0) is 0 Å². The molecule has 21 heavy (non-hydrogen) atoms. The quantitative estimate of drug-likeness (QED) is 0.884. The van der Waals surface area contributed by atoms with Crippen LogP contribution in [0.15, 0.2) is 41.1 Å². The molecule has 0 bridgehead atoms. The number of benzene rings is 1. The van der Waals surface area contributed by atoms with Crippen LogP contribution in [0.2, 0.25) is 0 Å². The Morgan fingerprint density at radius 2 is 2.00 bits per heavy atom. The molecule has 108 valence electrons. The number of nitrogens with two attached hydrogens (primary N) is 1. The molecule has 0 spiro atoms. The van der Waals surface area contributed by atoms with Gasteiger partial charge in [-0.25, -0.2) is 0 Å². The summed E-state index contributed by atoms with van der Waals surface area (Å²) in [6, 6.07) is 6.18. The van der Waals surface area contributed by atoms with Crippen molar-refractivity contribution in [1.29, 1.82) is 0 Å². The predicted octanol–water partition coefficient (Wildman–Crippen LogP) is 2.20. The molecule has 6 nitrogen and oxygen atoms in total. The Morgan fingerprint density at radius 3 is 2.62 bits per heavy atom. The average molecular weight is 350 g/mol. The van der Waals surface area contributed by atoms with E-state index >= 15 is 0 Å². The number of methoxy groups -OCH3 is 1. The Labute approximate surface area is 129 Å². The number of rotatable bonds is 4. The first-order chi connectivity index (χ1) is 10.0. The standard InChI is InChI=1S/C14H12BrN3O3/c1-21-12-3-2-8(13(16)19)5-11(12)18-14(20)9-4-10(15)7-17-6-9/h2-7H,1H3,(H2,16,19)(H,18,20). The van der Waals surface area contributed by atoms with Gasteiger partial charge in [0.2, 0.25) is 5.91 Å². The summed E-state index contributed by atoms with van der Waals surface area (Å²) in [6.45, 7) is 0. The van der Waals surface area contributed by atoms with Crippen molar-refractivity contribution < 1.29 is 14.3 Å². The number of amides is 2. The number of primary amides is 1. The largest absolute Gasteiger partial charge is 0.495 e. The summed E-state index contributed by atoms with van der Waals surface area (Å²) in [5.74, 6) is -0.530. The van der Waals surface area contributed by atoms with E-state index in [9.17, 15) is 9.59 Å². The molecule has 7 heteroatoms. The fourth-order valence-corrected chi connectivity index (χ4v) is 2.05. The molecule has 0 aliphatic rings. The molecule has 2 aromatic rings. The van der Waals surface area contributed by atoms with E-state index in [-0.39, 0.29) is 11.5 Å². The van der Waals surface area contributed by atoms with E-state index < -0.39 is 5.91 Å². The molecule has 0 aliphatic carbocycles. The summed E-state index contributed by atoms with van der Waals surface area (Å²) in [5, 5.41) is 2.67. The number of carbonyl (C=O) groups is 2. The number of nitrogens with zero attached hydrogens (tertiary/aromatic N) is 1. The molecule has 1 aromatic carbocycles. The minimum atomic E-state index is -0.586. The fourth-order valence-electron chi connectivity index (χ4n) is 1.69. The zero-order valence-electron chi connectivity index (χ0n) is 11.1. The van der Waals surface area contributed by atoms with E-state index in [0.29, 0.717) is 21.5 Å². The van der Waals surface area contributed by atoms with Gasteiger partial charge in [-0.2, -0.15) is 0 Å². The lowest BCUT2D eigenvalue weighted by molar-refractivity contribution is 0.0996. The van der Waals surface area contributed by atoms with Crippen LogP contribution in [0.5, 0.6) is 5.75 Å². The second kappa shape index (κ2) is 6.36. The van der Waals surface area contributed by atoms with Gasteiger partial charge in [0.1, 0.15) is 5.75 Å². The molecule has 3 N–H and O–H groups in total. The van der Waals surface area contributed by atoms with Crippen LogP contribution in [0, 0.1) is 0 Å². The maximum atomic E-state index is 12.2. The zero-order valence-corrected chi connectivity index (χ0v) is 12.7. The molecule has 0 saturated heterocycles. The molecule has 2 amide bonds. The number of nitrogens with one attached hydrogen (secondary N) is 1. The molecule has 1 heterocycles. The van der Waals surface area contributed by atoms with Gasteiger partial charge < -0.3 is 15.8 Å². The predicted molar refractivity (Wildman–Crippen MR) is 81.4 cm³/mol. The molecular formula is C14H12BrN3O3. The smallest absolute Gasteiger partial charge is 0.257 e. The van der Waals surface area contributed by atoms with E-state index in [2.05, 4.69) is 26.2 Å². The highest BCUT2D eigenvalue weighted by Crippen LogP contribution is 2.26. The van der Waals surface area contributed by atoms with Gasteiger partial charge in [-0.05, 0) is 40.2 Å². The Bertz CT molecular complexity index is 704. The number of carbonyl (C=O) groups excluding carboxylic acids is 2. The third-order valence-corrected chi connectivity index (χ3v) is 3.13. The van der Waals surface area contributed by atoms with Crippen molar-refractivity contribution in [1.82, 2.24) is 4.98 Å². The summed E-state index contributed by atoms with van der Waals surface area (Å²) in [4.78, 5) is 27.3. The maximum absolute atomic E-state index is 12.2. The summed E-state index contributed by atoms with van der Waals surface area (Å²) in [7, 11) is 1.47. The van der Waals surface area contributed by atoms with Crippen molar-refractivity contribution in [2.24, 2.45) is 5.73 Å². The van der Waals surface area contributed by atoms with Crippen LogP contribution < -0.4 is 15.8 Å². The molecule has 0 radical (unpaired) electrons. The van der Waals surface area contributed by atoms with E-state index in [1.165, 1.54) is 25.4 Å². The number of ether oxygens (including phenoxy) is 1. The van der Waals surface area contributed by atoms with E-state index in [1.807, 2.05) is 0 Å². The first kappa shape index (κ1) is 15.0. The fraction of sp³-hybridized carbons (Fsp3) is 0.0714. The van der Waals surface area contributed by atoms with Gasteiger partial charge in [0.25, 0.3) is 5.91 Å². The van der Waals surface area contributed by atoms with Crippen LogP contribution in [0.1, 0.15) is 20.7 Å². The van der Waals surface area contributed by atoms with Crippen molar-refractivity contribution in [3.05, 3.63) is 52.3 Å². The number of anilines is 1. The van der Waals surface area contributed by atoms with E-state index in [4.69, 9.17) is 10.5 Å². The topological polar surface area (TPSA) is 94.3 Å². The zero-order chi connectivity index (χ0) is 15.4. The molecule has 0 fully saturated rings. The average Bonchev–Trinajstić information content (AvgIpc) is 2.47. The SMILES string of the molecule is COc1ccc(C(N)=O)cc1NC(=O)c1cncc(Br)c1. The lowest BCUT2D eigenvalue weighted by atomic mass is 10.1. The first-order valence-electron chi connectivity index (χ1n) is 5.91. The van der Waals surface area contributed by atoms with Crippen molar-refractivity contribution in [2.45, 2.75) is 0 Å². The molecule has 0 unspecified atom stereocenters. The Kier molecular flexibility index (Phi) is 4.54. The molecule has 0 atom stereocenters. The third-order valence-electron chi connectivity index (χ3n) is 2.70. The number of aromatic nitrogens is 1. The monoisotopic (exact) mass is 349 g/mol. The third kappa shape index (κ3) is 3.57. The Morgan fingerprint density at radius 1 is 1.24 bits per heavy atom. The highest BCUT2D eigenvalue weighted by atomic mass is 79.9. The second-order valence-corrected chi connectivity index (χ2v) is 5.04. The molecule has 0 aliphatic heterocycles. The molecule has 2 rings (SSSR count). The van der Waals surface area contributed by atoms with Gasteiger partial charge in [0.15, 0.2) is 0 Å². The lowest BCUT2D eigenvalue weighted by Crippen LogP contribution is -2.15. The number of pyridine rings is 1. The number of hydrogen-bond donors (Lipinski definition) is 2.